The summed E-state index contributed by atoms with van der Waals surface area (Å²) in [6, 6.07) is 14.5. The molecule has 5 nitrogen and oxygen atoms in total. The van der Waals surface area contributed by atoms with Crippen molar-refractivity contribution in [2.75, 3.05) is 19.0 Å². The molecule has 0 heterocycles. The number of methoxy groups -OCH3 is 1. The summed E-state index contributed by atoms with van der Waals surface area (Å²) < 4.78 is 10.3. The van der Waals surface area contributed by atoms with Gasteiger partial charge in [0.2, 0.25) is 5.91 Å². The molecule has 0 saturated carbocycles. The van der Waals surface area contributed by atoms with E-state index in [1.54, 1.807) is 31.4 Å². The van der Waals surface area contributed by atoms with Gasteiger partial charge in [0.05, 0.1) is 25.0 Å². The molecule has 0 radical (unpaired) electrons. The van der Waals surface area contributed by atoms with Crippen molar-refractivity contribution in [2.45, 2.75) is 26.2 Å². The molecule has 2 rings (SSSR count). The molecule has 2 aromatic carbocycles. The third kappa shape index (κ3) is 5.64. The van der Waals surface area contributed by atoms with E-state index in [4.69, 9.17) is 9.47 Å². The Balaban J connectivity index is 1.94. The summed E-state index contributed by atoms with van der Waals surface area (Å²) in [5, 5.41) is 2.80. The highest BCUT2D eigenvalue weighted by Gasteiger charge is 2.14. The minimum Gasteiger partial charge on any atom is -0.497 e. The Morgan fingerprint density at radius 3 is 2.44 bits per heavy atom. The lowest BCUT2D eigenvalue weighted by molar-refractivity contribution is -0.116. The Bertz CT molecular complexity index is 710. The van der Waals surface area contributed by atoms with E-state index in [2.05, 4.69) is 5.32 Å². The lowest BCUT2D eigenvalue weighted by Crippen LogP contribution is -2.16. The van der Waals surface area contributed by atoms with Crippen LogP contribution in [0.1, 0.15) is 35.7 Å². The average molecular weight is 341 g/mol. The molecule has 1 N–H and O–H groups in total. The maximum Gasteiger partial charge on any atom is 0.340 e. The number of para-hydroxylation sites is 1. The van der Waals surface area contributed by atoms with Gasteiger partial charge in [-0.3, -0.25) is 4.79 Å². The van der Waals surface area contributed by atoms with E-state index in [-0.39, 0.29) is 5.91 Å². The van der Waals surface area contributed by atoms with Crippen LogP contribution in [0.15, 0.2) is 48.5 Å². The minimum atomic E-state index is -0.423. The Morgan fingerprint density at radius 2 is 1.76 bits per heavy atom. The van der Waals surface area contributed by atoms with Gasteiger partial charge < -0.3 is 14.8 Å². The highest BCUT2D eigenvalue weighted by molar-refractivity contribution is 6.01. The number of benzene rings is 2. The summed E-state index contributed by atoms with van der Waals surface area (Å²) in [4.78, 5) is 24.3. The fourth-order valence-electron chi connectivity index (χ4n) is 2.31. The first-order valence-electron chi connectivity index (χ1n) is 8.33. The molecule has 2 aromatic rings. The van der Waals surface area contributed by atoms with E-state index in [9.17, 15) is 9.59 Å². The zero-order valence-electron chi connectivity index (χ0n) is 14.6. The van der Waals surface area contributed by atoms with Crippen LogP contribution in [0.3, 0.4) is 0 Å². The van der Waals surface area contributed by atoms with Crippen LogP contribution >= 0.6 is 0 Å². The van der Waals surface area contributed by atoms with Crippen molar-refractivity contribution in [1.82, 2.24) is 0 Å². The summed E-state index contributed by atoms with van der Waals surface area (Å²) in [6.45, 7) is 2.29. The topological polar surface area (TPSA) is 64.6 Å². The second-order valence-electron chi connectivity index (χ2n) is 5.58. The molecule has 25 heavy (non-hydrogen) atoms. The Morgan fingerprint density at radius 1 is 1.04 bits per heavy atom. The van der Waals surface area contributed by atoms with Gasteiger partial charge in [-0.1, -0.05) is 31.2 Å². The molecule has 0 aliphatic heterocycles. The third-order valence-electron chi connectivity index (χ3n) is 3.66. The molecule has 132 valence electrons. The predicted octanol–water partition coefficient (Wildman–Crippen LogP) is 3.83. The van der Waals surface area contributed by atoms with Crippen molar-refractivity contribution in [3.63, 3.8) is 0 Å². The molecule has 0 unspecified atom stereocenters. The number of carbonyl (C=O) groups is 2. The van der Waals surface area contributed by atoms with E-state index in [0.29, 0.717) is 30.7 Å². The highest BCUT2D eigenvalue weighted by atomic mass is 16.5. The van der Waals surface area contributed by atoms with E-state index >= 15 is 0 Å². The van der Waals surface area contributed by atoms with Crippen LogP contribution in [-0.4, -0.2) is 25.6 Å². The molecule has 1 amide bonds. The Hall–Kier alpha value is -2.82. The van der Waals surface area contributed by atoms with Crippen molar-refractivity contribution < 1.29 is 19.1 Å². The van der Waals surface area contributed by atoms with Gasteiger partial charge in [0, 0.05) is 6.42 Å². The van der Waals surface area contributed by atoms with E-state index in [0.717, 1.165) is 17.7 Å². The summed E-state index contributed by atoms with van der Waals surface area (Å²) in [5.74, 6) is 0.215. The van der Waals surface area contributed by atoms with Crippen molar-refractivity contribution in [3.8, 4) is 5.75 Å². The fraction of sp³-hybridized carbons (Fsp3) is 0.300. The first-order valence-corrected chi connectivity index (χ1v) is 8.33. The van der Waals surface area contributed by atoms with Crippen LogP contribution in [0.4, 0.5) is 5.69 Å². The maximum atomic E-state index is 12.2. The largest absolute Gasteiger partial charge is 0.497 e. The number of hydrogen-bond acceptors (Lipinski definition) is 4. The second-order valence-corrected chi connectivity index (χ2v) is 5.58. The molecule has 0 fully saturated rings. The number of aryl methyl sites for hydroxylation is 1. The summed E-state index contributed by atoms with van der Waals surface area (Å²) in [6.07, 6.45) is 1.69. The molecule has 5 heteroatoms. The van der Waals surface area contributed by atoms with E-state index < -0.39 is 5.97 Å². The van der Waals surface area contributed by atoms with Crippen LogP contribution in [0, 0.1) is 0 Å². The monoisotopic (exact) mass is 341 g/mol. The minimum absolute atomic E-state index is 0.147. The third-order valence-corrected chi connectivity index (χ3v) is 3.66. The SMILES string of the molecule is CCCOC(=O)c1ccccc1NC(=O)CCc1ccc(OC)cc1. The zero-order valence-corrected chi connectivity index (χ0v) is 14.6. The summed E-state index contributed by atoms with van der Waals surface area (Å²) in [5.41, 5.74) is 1.89. The standard InChI is InChI=1S/C20H23NO4/c1-3-14-25-20(23)17-6-4-5-7-18(17)21-19(22)13-10-15-8-11-16(24-2)12-9-15/h4-9,11-12H,3,10,13-14H2,1-2H3,(H,21,22). The molecular weight excluding hydrogens is 318 g/mol. The number of ether oxygens (including phenoxy) is 2. The molecule has 0 bridgehead atoms. The van der Waals surface area contributed by atoms with Gasteiger partial charge in [0.1, 0.15) is 5.75 Å². The molecular formula is C20H23NO4. The fourth-order valence-corrected chi connectivity index (χ4v) is 2.31. The van der Waals surface area contributed by atoms with Crippen molar-refractivity contribution in [2.24, 2.45) is 0 Å². The van der Waals surface area contributed by atoms with Crippen molar-refractivity contribution >= 4 is 17.6 Å². The van der Waals surface area contributed by atoms with E-state index in [1.807, 2.05) is 31.2 Å². The van der Waals surface area contributed by atoms with Crippen LogP contribution < -0.4 is 10.1 Å². The van der Waals surface area contributed by atoms with Crippen LogP contribution in [0.5, 0.6) is 5.75 Å². The summed E-state index contributed by atoms with van der Waals surface area (Å²) in [7, 11) is 1.62. The van der Waals surface area contributed by atoms with E-state index in [1.165, 1.54) is 0 Å². The number of rotatable bonds is 8. The normalized spacial score (nSPS) is 10.2. The quantitative estimate of drug-likeness (QED) is 0.741. The van der Waals surface area contributed by atoms with Crippen LogP contribution in [0.25, 0.3) is 0 Å². The maximum absolute atomic E-state index is 12.2. The number of esters is 1. The van der Waals surface area contributed by atoms with Gasteiger partial charge in [0.15, 0.2) is 0 Å². The molecule has 0 aliphatic carbocycles. The molecule has 0 atom stereocenters. The van der Waals surface area contributed by atoms with Gasteiger partial charge in [0.25, 0.3) is 0 Å². The number of anilines is 1. The molecule has 0 aliphatic rings. The van der Waals surface area contributed by atoms with Crippen LogP contribution in [-0.2, 0) is 16.0 Å². The highest BCUT2D eigenvalue weighted by Crippen LogP contribution is 2.17. The van der Waals surface area contributed by atoms with Crippen molar-refractivity contribution in [1.29, 1.82) is 0 Å². The zero-order chi connectivity index (χ0) is 18.1. The molecule has 0 aromatic heterocycles. The first-order chi connectivity index (χ1) is 12.1. The van der Waals surface area contributed by atoms with Crippen LogP contribution in [0.2, 0.25) is 0 Å². The van der Waals surface area contributed by atoms with Gasteiger partial charge in [-0.05, 0) is 42.7 Å². The van der Waals surface area contributed by atoms with Crippen molar-refractivity contribution in [3.05, 3.63) is 59.7 Å². The molecule has 0 saturated heterocycles. The van der Waals surface area contributed by atoms with Gasteiger partial charge in [-0.2, -0.15) is 0 Å². The number of nitrogens with one attached hydrogen (secondary N) is 1. The number of carbonyl (C=O) groups excluding carboxylic acids is 2. The van der Waals surface area contributed by atoms with Gasteiger partial charge in [-0.15, -0.1) is 0 Å². The lowest BCUT2D eigenvalue weighted by atomic mass is 10.1. The molecule has 0 spiro atoms. The Kier molecular flexibility index (Phi) is 7.01. The van der Waals surface area contributed by atoms with Gasteiger partial charge in [-0.25, -0.2) is 4.79 Å². The Labute approximate surface area is 148 Å². The average Bonchev–Trinajstić information content (AvgIpc) is 2.65. The van der Waals surface area contributed by atoms with Gasteiger partial charge >= 0.3 is 5.97 Å². The smallest absolute Gasteiger partial charge is 0.340 e. The summed E-state index contributed by atoms with van der Waals surface area (Å²) >= 11 is 0. The second kappa shape index (κ2) is 9.47. The lowest BCUT2D eigenvalue weighted by Gasteiger charge is -2.11. The number of hydrogen-bond donors (Lipinski definition) is 1. The predicted molar refractivity (Wildman–Crippen MR) is 97.0 cm³/mol. The first kappa shape index (κ1) is 18.5. The number of amides is 1.